The van der Waals surface area contributed by atoms with E-state index in [1.807, 2.05) is 48.5 Å². The Morgan fingerprint density at radius 2 is 1.67 bits per heavy atom. The molecule has 4 rings (SSSR count). The molecule has 1 N–H and O–H groups in total. The van der Waals surface area contributed by atoms with Crippen molar-refractivity contribution in [1.82, 2.24) is 10.2 Å². The fourth-order valence-electron chi connectivity index (χ4n) is 4.55. The number of carbonyl (C=O) groups is 2. The summed E-state index contributed by atoms with van der Waals surface area (Å²) in [7, 11) is 0. The Balaban J connectivity index is 1.45. The van der Waals surface area contributed by atoms with E-state index in [4.69, 9.17) is 4.74 Å². The summed E-state index contributed by atoms with van der Waals surface area (Å²) in [4.78, 5) is 28.6. The number of benzene rings is 2. The Kier molecular flexibility index (Phi) is 6.92. The molecule has 3 atom stereocenters. The quantitative estimate of drug-likeness (QED) is 0.718. The van der Waals surface area contributed by atoms with Crippen LogP contribution in [0.5, 0.6) is 0 Å². The first-order chi connectivity index (χ1) is 14.7. The summed E-state index contributed by atoms with van der Waals surface area (Å²) in [6.07, 6.45) is 2.13. The normalized spacial score (nSPS) is 24.5. The van der Waals surface area contributed by atoms with Crippen molar-refractivity contribution in [1.29, 1.82) is 0 Å². The summed E-state index contributed by atoms with van der Waals surface area (Å²) in [6, 6.07) is 19.6. The molecule has 2 aromatic rings. The highest BCUT2D eigenvalue weighted by Gasteiger charge is 2.41. The maximum atomic E-state index is 13.2. The van der Waals surface area contributed by atoms with Crippen LogP contribution in [0.2, 0.25) is 0 Å². The molecule has 2 heterocycles. The van der Waals surface area contributed by atoms with Crippen LogP contribution in [0.15, 0.2) is 60.7 Å². The van der Waals surface area contributed by atoms with Crippen LogP contribution in [0.3, 0.4) is 0 Å². The average molecular weight is 407 g/mol. The maximum absolute atomic E-state index is 13.2. The third kappa shape index (κ3) is 5.15. The van der Waals surface area contributed by atoms with Crippen LogP contribution in [0.4, 0.5) is 0 Å². The number of amides is 1. The van der Waals surface area contributed by atoms with Gasteiger partial charge in [0.05, 0.1) is 12.5 Å². The minimum Gasteiger partial charge on any atom is -0.381 e. The van der Waals surface area contributed by atoms with Gasteiger partial charge in [-0.3, -0.25) is 14.5 Å². The number of Topliss-reactive ketones (excluding diaryl/α,β-unsaturated/α-hetero) is 1. The number of hydrogen-bond donors (Lipinski definition) is 1. The monoisotopic (exact) mass is 406 g/mol. The molecule has 2 fully saturated rings. The molecule has 0 aromatic heterocycles. The summed E-state index contributed by atoms with van der Waals surface area (Å²) >= 11 is 0. The number of ketones is 1. The van der Waals surface area contributed by atoms with E-state index in [2.05, 4.69) is 22.3 Å². The summed E-state index contributed by atoms with van der Waals surface area (Å²) in [5, 5.41) is 3.12. The molecule has 5 nitrogen and oxygen atoms in total. The van der Waals surface area contributed by atoms with E-state index in [-0.39, 0.29) is 23.5 Å². The second-order valence-electron chi connectivity index (χ2n) is 8.45. The number of rotatable bonds is 7. The van der Waals surface area contributed by atoms with Crippen LogP contribution in [-0.4, -0.2) is 49.4 Å². The van der Waals surface area contributed by atoms with Crippen LogP contribution < -0.4 is 5.32 Å². The second-order valence-corrected chi connectivity index (χ2v) is 8.45. The van der Waals surface area contributed by atoms with Gasteiger partial charge in [0.1, 0.15) is 0 Å². The van der Waals surface area contributed by atoms with Crippen molar-refractivity contribution in [2.24, 2.45) is 17.8 Å². The molecule has 5 heteroatoms. The summed E-state index contributed by atoms with van der Waals surface area (Å²) in [5.74, 6) is -0.227. The zero-order valence-electron chi connectivity index (χ0n) is 17.3. The molecule has 1 unspecified atom stereocenters. The van der Waals surface area contributed by atoms with Gasteiger partial charge in [-0.2, -0.15) is 0 Å². The number of ether oxygens (including phenoxy) is 1. The van der Waals surface area contributed by atoms with Gasteiger partial charge in [-0.15, -0.1) is 0 Å². The third-order valence-corrected chi connectivity index (χ3v) is 6.20. The lowest BCUT2D eigenvalue weighted by atomic mass is 9.87. The molecule has 1 amide bonds. The second kappa shape index (κ2) is 10.0. The van der Waals surface area contributed by atoms with Gasteiger partial charge in [0, 0.05) is 44.3 Å². The predicted octanol–water partition coefficient (Wildman–Crippen LogP) is 3.16. The average Bonchev–Trinajstić information content (AvgIpc) is 3.22. The molecule has 158 valence electrons. The number of hydrogen-bond acceptors (Lipinski definition) is 4. The van der Waals surface area contributed by atoms with Crippen LogP contribution in [0, 0.1) is 17.8 Å². The van der Waals surface area contributed by atoms with Crippen LogP contribution in [0.25, 0.3) is 0 Å². The number of carbonyl (C=O) groups excluding carboxylic acids is 2. The van der Waals surface area contributed by atoms with Crippen molar-refractivity contribution in [3.8, 4) is 0 Å². The van der Waals surface area contributed by atoms with E-state index in [0.29, 0.717) is 37.7 Å². The lowest BCUT2D eigenvalue weighted by molar-refractivity contribution is -0.125. The first-order valence-corrected chi connectivity index (χ1v) is 10.9. The van der Waals surface area contributed by atoms with Gasteiger partial charge in [-0.1, -0.05) is 60.7 Å². The van der Waals surface area contributed by atoms with Crippen molar-refractivity contribution in [2.45, 2.75) is 19.4 Å². The van der Waals surface area contributed by atoms with Crippen molar-refractivity contribution < 1.29 is 14.3 Å². The Labute approximate surface area is 178 Å². The summed E-state index contributed by atoms with van der Waals surface area (Å²) in [5.41, 5.74) is 1.88. The first-order valence-electron chi connectivity index (χ1n) is 10.9. The fourth-order valence-corrected chi connectivity index (χ4v) is 4.55. The molecule has 2 aliphatic heterocycles. The summed E-state index contributed by atoms with van der Waals surface area (Å²) in [6.45, 7) is 4.10. The smallest absolute Gasteiger partial charge is 0.225 e. The number of nitrogens with one attached hydrogen (secondary N) is 1. The number of nitrogens with zero attached hydrogens (tertiary/aromatic N) is 1. The van der Waals surface area contributed by atoms with Gasteiger partial charge < -0.3 is 10.1 Å². The lowest BCUT2D eigenvalue weighted by Gasteiger charge is -2.24. The van der Waals surface area contributed by atoms with Gasteiger partial charge >= 0.3 is 0 Å². The van der Waals surface area contributed by atoms with Crippen LogP contribution >= 0.6 is 0 Å². The largest absolute Gasteiger partial charge is 0.381 e. The molecule has 0 radical (unpaired) electrons. The van der Waals surface area contributed by atoms with E-state index >= 15 is 0 Å². The van der Waals surface area contributed by atoms with E-state index in [1.54, 1.807) is 0 Å². The predicted molar refractivity (Wildman–Crippen MR) is 116 cm³/mol. The molecule has 0 bridgehead atoms. The first kappa shape index (κ1) is 20.8. The molecule has 2 aromatic carbocycles. The Morgan fingerprint density at radius 3 is 2.37 bits per heavy atom. The van der Waals surface area contributed by atoms with Crippen molar-refractivity contribution in [3.63, 3.8) is 0 Å². The molecular formula is C25H30N2O3. The van der Waals surface area contributed by atoms with Gasteiger partial charge in [-0.05, 0) is 24.3 Å². The highest BCUT2D eigenvalue weighted by Crippen LogP contribution is 2.29. The standard InChI is InChI=1S/C25H30N2O3/c28-24(21-11-5-2-6-12-21)22-16-27(15-19-8-3-1-4-9-19)17-23(22)25(29)26-14-20-10-7-13-30-18-20/h1-6,8-9,11-12,20,22-23H,7,10,13-18H2,(H,26,29)/t20?,22-,23-/m0/s1. The minimum absolute atomic E-state index is 0.00887. The molecule has 2 aliphatic rings. The van der Waals surface area contributed by atoms with Crippen molar-refractivity contribution in [3.05, 3.63) is 71.8 Å². The van der Waals surface area contributed by atoms with Crippen LogP contribution in [0.1, 0.15) is 28.8 Å². The van der Waals surface area contributed by atoms with E-state index in [1.165, 1.54) is 5.56 Å². The van der Waals surface area contributed by atoms with E-state index in [0.717, 1.165) is 26.0 Å². The molecule has 0 aliphatic carbocycles. The molecular weight excluding hydrogens is 376 g/mol. The van der Waals surface area contributed by atoms with Gasteiger partial charge in [0.15, 0.2) is 5.78 Å². The Bertz CT molecular complexity index is 834. The van der Waals surface area contributed by atoms with Gasteiger partial charge in [-0.25, -0.2) is 0 Å². The minimum atomic E-state index is -0.328. The topological polar surface area (TPSA) is 58.6 Å². The van der Waals surface area contributed by atoms with Gasteiger partial charge in [0.2, 0.25) is 5.91 Å². The molecule has 0 saturated carbocycles. The van der Waals surface area contributed by atoms with Crippen molar-refractivity contribution >= 4 is 11.7 Å². The van der Waals surface area contributed by atoms with E-state index in [9.17, 15) is 9.59 Å². The SMILES string of the molecule is O=C(NCC1CCCOC1)[C@H]1CN(Cc2ccccc2)C[C@@H]1C(=O)c1ccccc1. The highest BCUT2D eigenvalue weighted by atomic mass is 16.5. The van der Waals surface area contributed by atoms with Gasteiger partial charge in [0.25, 0.3) is 0 Å². The third-order valence-electron chi connectivity index (χ3n) is 6.20. The van der Waals surface area contributed by atoms with E-state index < -0.39 is 0 Å². The fraction of sp³-hybridized carbons (Fsp3) is 0.440. The number of likely N-dealkylation sites (tertiary alicyclic amines) is 1. The molecule has 30 heavy (non-hydrogen) atoms. The maximum Gasteiger partial charge on any atom is 0.225 e. The lowest BCUT2D eigenvalue weighted by Crippen LogP contribution is -2.40. The Morgan fingerprint density at radius 1 is 0.967 bits per heavy atom. The molecule has 2 saturated heterocycles. The zero-order valence-corrected chi connectivity index (χ0v) is 17.3. The highest BCUT2D eigenvalue weighted by molar-refractivity contribution is 6.01. The Hall–Kier alpha value is -2.50. The van der Waals surface area contributed by atoms with Crippen LogP contribution in [-0.2, 0) is 16.1 Å². The summed E-state index contributed by atoms with van der Waals surface area (Å²) < 4.78 is 5.53. The van der Waals surface area contributed by atoms with Crippen molar-refractivity contribution in [2.75, 3.05) is 32.8 Å². The molecule has 0 spiro atoms. The zero-order chi connectivity index (χ0) is 20.8.